The highest BCUT2D eigenvalue weighted by Crippen LogP contribution is 2.36. The molecule has 6 heterocycles. The molecule has 336 valence electrons. The van der Waals surface area contributed by atoms with Crippen molar-refractivity contribution in [1.82, 2.24) is 30.9 Å². The van der Waals surface area contributed by atoms with Gasteiger partial charge in [-0.25, -0.2) is 15.0 Å². The number of nitrogens with one attached hydrogen (secondary N) is 3. The van der Waals surface area contributed by atoms with Crippen LogP contribution in [0, 0.1) is 6.92 Å². The van der Waals surface area contributed by atoms with Crippen LogP contribution in [0.25, 0.3) is 0 Å². The SMILES string of the molecule is CCc1nc(Cc2cccc(OC)c2)sc1C1CCNCC1.COc1cccc(Cc2nc(C)c(C3CCNCC3)s2)c1.COc1cccc(Cc2ncc(C3CCNCC3)s2)c1. The molecule has 3 saturated heterocycles. The van der Waals surface area contributed by atoms with E-state index in [1.807, 2.05) is 64.3 Å². The van der Waals surface area contributed by atoms with Crippen LogP contribution in [0.4, 0.5) is 0 Å². The maximum atomic E-state index is 5.31. The van der Waals surface area contributed by atoms with E-state index in [1.54, 1.807) is 21.3 Å². The summed E-state index contributed by atoms with van der Waals surface area (Å²) in [6.07, 6.45) is 13.2. The van der Waals surface area contributed by atoms with Gasteiger partial charge >= 0.3 is 0 Å². The Kier molecular flexibility index (Phi) is 18.0. The lowest BCUT2D eigenvalue weighted by atomic mass is 9.95. The summed E-state index contributed by atoms with van der Waals surface area (Å²) in [7, 11) is 5.13. The maximum absolute atomic E-state index is 5.31. The summed E-state index contributed by atoms with van der Waals surface area (Å²) in [5.74, 6) is 4.85. The Hall–Kier alpha value is -4.17. The van der Waals surface area contributed by atoms with Crippen molar-refractivity contribution in [2.75, 3.05) is 60.6 Å². The van der Waals surface area contributed by atoms with Crippen molar-refractivity contribution >= 4 is 34.0 Å². The number of ether oxygens (including phenoxy) is 3. The van der Waals surface area contributed by atoms with E-state index in [9.17, 15) is 0 Å². The number of aromatic nitrogens is 3. The molecule has 6 aromatic rings. The molecule has 9 nitrogen and oxygen atoms in total. The average molecular weight is 907 g/mol. The number of hydrogen-bond acceptors (Lipinski definition) is 12. The van der Waals surface area contributed by atoms with Crippen LogP contribution in [0.5, 0.6) is 17.2 Å². The highest BCUT2D eigenvalue weighted by molar-refractivity contribution is 7.12. The number of piperidine rings is 3. The van der Waals surface area contributed by atoms with Crippen molar-refractivity contribution in [3.63, 3.8) is 0 Å². The molecule has 12 heteroatoms. The Morgan fingerprint density at radius 3 is 1.44 bits per heavy atom. The monoisotopic (exact) mass is 906 g/mol. The van der Waals surface area contributed by atoms with Crippen LogP contribution in [-0.2, 0) is 25.7 Å². The minimum absolute atomic E-state index is 0.697. The lowest BCUT2D eigenvalue weighted by molar-refractivity contribution is 0.414. The van der Waals surface area contributed by atoms with Crippen molar-refractivity contribution < 1.29 is 14.2 Å². The summed E-state index contributed by atoms with van der Waals surface area (Å²) >= 11 is 5.68. The third-order valence-electron chi connectivity index (χ3n) is 12.2. The number of rotatable bonds is 13. The number of aryl methyl sites for hydroxylation is 2. The predicted molar refractivity (Wildman–Crippen MR) is 262 cm³/mol. The average Bonchev–Trinajstić information content (AvgIpc) is 4.09. The Morgan fingerprint density at radius 1 is 0.540 bits per heavy atom. The van der Waals surface area contributed by atoms with Crippen molar-refractivity contribution in [3.8, 4) is 17.2 Å². The van der Waals surface area contributed by atoms with E-state index in [-0.39, 0.29) is 0 Å². The minimum Gasteiger partial charge on any atom is -0.497 e. The normalized spacial score (nSPS) is 16.1. The molecular weight excluding hydrogens is 841 g/mol. The minimum atomic E-state index is 0.697. The first-order chi connectivity index (χ1) is 30.9. The van der Waals surface area contributed by atoms with Gasteiger partial charge in [0.25, 0.3) is 0 Å². The van der Waals surface area contributed by atoms with Crippen LogP contribution in [0.15, 0.2) is 79.0 Å². The van der Waals surface area contributed by atoms with Gasteiger partial charge in [0.15, 0.2) is 0 Å². The molecule has 0 radical (unpaired) electrons. The number of thiazole rings is 3. The Morgan fingerprint density at radius 2 is 0.968 bits per heavy atom. The second-order valence-corrected chi connectivity index (χ2v) is 20.0. The van der Waals surface area contributed by atoms with E-state index in [2.05, 4.69) is 83.4 Å². The van der Waals surface area contributed by atoms with Gasteiger partial charge in [-0.15, -0.1) is 34.0 Å². The van der Waals surface area contributed by atoms with Crippen molar-refractivity contribution in [3.05, 3.63) is 137 Å². The Bertz CT molecular complexity index is 2290. The van der Waals surface area contributed by atoms with E-state index in [0.717, 1.165) is 82.2 Å². The fourth-order valence-electron chi connectivity index (χ4n) is 8.72. The van der Waals surface area contributed by atoms with Crippen LogP contribution >= 0.6 is 34.0 Å². The summed E-state index contributed by atoms with van der Waals surface area (Å²) in [6.45, 7) is 11.2. The summed E-state index contributed by atoms with van der Waals surface area (Å²) in [6, 6.07) is 24.8. The molecule has 0 aliphatic carbocycles. The zero-order valence-corrected chi connectivity index (χ0v) is 40.3. The van der Waals surface area contributed by atoms with Crippen molar-refractivity contribution in [2.24, 2.45) is 0 Å². The summed E-state index contributed by atoms with van der Waals surface area (Å²) < 4.78 is 15.9. The van der Waals surface area contributed by atoms with Gasteiger partial charge in [-0.2, -0.15) is 0 Å². The fraction of sp³-hybridized carbons (Fsp3) is 0.471. The predicted octanol–water partition coefficient (Wildman–Crippen LogP) is 10.5. The van der Waals surface area contributed by atoms with Crippen LogP contribution in [0.2, 0.25) is 0 Å². The lowest BCUT2D eigenvalue weighted by Crippen LogP contribution is -2.26. The van der Waals surface area contributed by atoms with Crippen LogP contribution < -0.4 is 30.2 Å². The van der Waals surface area contributed by atoms with Gasteiger partial charge in [0.05, 0.1) is 47.7 Å². The van der Waals surface area contributed by atoms with Gasteiger partial charge in [0.2, 0.25) is 0 Å². The Balaban J connectivity index is 0.000000142. The van der Waals surface area contributed by atoms with E-state index >= 15 is 0 Å². The highest BCUT2D eigenvalue weighted by atomic mass is 32.1. The van der Waals surface area contributed by atoms with Gasteiger partial charge in [-0.05, 0) is 162 Å². The fourth-order valence-corrected chi connectivity index (χ4v) is 12.5. The molecule has 9 rings (SSSR count). The van der Waals surface area contributed by atoms with Crippen molar-refractivity contribution in [2.45, 2.75) is 95.8 Å². The summed E-state index contributed by atoms with van der Waals surface area (Å²) in [5, 5.41) is 14.0. The quantitative estimate of drug-likeness (QED) is 0.105. The van der Waals surface area contributed by atoms with E-state index in [1.165, 1.54) is 96.3 Å². The molecule has 3 N–H and O–H groups in total. The van der Waals surface area contributed by atoms with E-state index < -0.39 is 0 Å². The summed E-state index contributed by atoms with van der Waals surface area (Å²) in [4.78, 5) is 18.8. The Labute approximate surface area is 387 Å². The first-order valence-corrected chi connectivity index (χ1v) is 25.3. The molecular formula is C51H66N6O3S3. The van der Waals surface area contributed by atoms with Gasteiger partial charge in [0.1, 0.15) is 17.2 Å². The van der Waals surface area contributed by atoms with E-state index in [0.29, 0.717) is 17.8 Å². The zero-order chi connectivity index (χ0) is 43.8. The maximum Gasteiger partial charge on any atom is 0.119 e. The topological polar surface area (TPSA) is 102 Å². The largest absolute Gasteiger partial charge is 0.497 e. The van der Waals surface area contributed by atoms with Gasteiger partial charge in [-0.1, -0.05) is 43.3 Å². The molecule has 0 bridgehead atoms. The zero-order valence-electron chi connectivity index (χ0n) is 37.8. The molecule has 3 aromatic heterocycles. The smallest absolute Gasteiger partial charge is 0.119 e. The molecule has 0 saturated carbocycles. The molecule has 3 aliphatic heterocycles. The van der Waals surface area contributed by atoms with Gasteiger partial charge < -0.3 is 30.2 Å². The second-order valence-electron chi connectivity index (χ2n) is 16.6. The first-order valence-electron chi connectivity index (χ1n) is 22.8. The number of methoxy groups -OCH3 is 3. The second kappa shape index (κ2) is 24.2. The van der Waals surface area contributed by atoms with Crippen LogP contribution in [0.3, 0.4) is 0 Å². The number of nitrogens with zero attached hydrogens (tertiary/aromatic N) is 3. The van der Waals surface area contributed by atoms with Crippen molar-refractivity contribution in [1.29, 1.82) is 0 Å². The van der Waals surface area contributed by atoms with E-state index in [4.69, 9.17) is 24.2 Å². The molecule has 0 unspecified atom stereocenters. The lowest BCUT2D eigenvalue weighted by Gasteiger charge is -2.22. The molecule has 3 aliphatic rings. The molecule has 0 amide bonds. The van der Waals surface area contributed by atoms with Gasteiger partial charge in [-0.3, -0.25) is 0 Å². The molecule has 3 fully saturated rings. The van der Waals surface area contributed by atoms with Gasteiger partial charge in [0, 0.05) is 40.1 Å². The summed E-state index contributed by atoms with van der Waals surface area (Å²) in [5.41, 5.74) is 6.34. The number of benzene rings is 3. The molecule has 0 spiro atoms. The highest BCUT2D eigenvalue weighted by Gasteiger charge is 2.23. The van der Waals surface area contributed by atoms with Crippen LogP contribution in [-0.4, -0.2) is 75.5 Å². The van der Waals surface area contributed by atoms with Crippen LogP contribution in [0.1, 0.15) is 121 Å². The standard InChI is InChI=1S/C18H24N2OS.C17H22N2OS.C16H20N2OS/c1-3-16-18(14-7-9-19-10-8-14)22-17(20-16)12-13-5-4-6-15(11-13)21-2;1-12-17(14-6-8-18-9-7-14)21-16(19-12)11-13-4-3-5-15(10-13)20-2;1-19-14-4-2-3-12(9-14)10-16-18-11-15(20-16)13-5-7-17-8-6-13/h4-6,11,14,19H,3,7-10,12H2,1-2H3;3-5,10,14,18H,6-9,11H2,1-2H3;2-4,9,11,13,17H,5-8,10H2,1H3. The first kappa shape index (κ1) is 46.8. The molecule has 63 heavy (non-hydrogen) atoms. The number of hydrogen-bond donors (Lipinski definition) is 3. The third-order valence-corrected chi connectivity index (χ3v) is 15.9. The molecule has 3 aromatic carbocycles. The molecule has 0 atom stereocenters. The third kappa shape index (κ3) is 13.7.